The van der Waals surface area contributed by atoms with E-state index in [1.54, 1.807) is 11.1 Å². The van der Waals surface area contributed by atoms with Gasteiger partial charge in [0.05, 0.1) is 0 Å². The predicted molar refractivity (Wildman–Crippen MR) is 67.8 cm³/mol. The zero-order valence-electron chi connectivity index (χ0n) is 10.1. The van der Waals surface area contributed by atoms with Crippen molar-refractivity contribution in [2.45, 2.75) is 45.3 Å². The fourth-order valence-electron chi connectivity index (χ4n) is 1.77. The van der Waals surface area contributed by atoms with Crippen molar-refractivity contribution in [1.82, 2.24) is 0 Å². The van der Waals surface area contributed by atoms with Crippen molar-refractivity contribution in [3.8, 4) is 0 Å². The van der Waals surface area contributed by atoms with Gasteiger partial charge in [-0.05, 0) is 38.9 Å². The van der Waals surface area contributed by atoms with Crippen LogP contribution >= 0.6 is 11.8 Å². The number of hydrogen-bond donors (Lipinski definition) is 0. The summed E-state index contributed by atoms with van der Waals surface area (Å²) < 4.78 is 0.318. The molecule has 0 nitrogen and oxygen atoms in total. The number of hydrogen-bond acceptors (Lipinski definition) is 1. The van der Waals surface area contributed by atoms with Crippen LogP contribution in [0.15, 0.2) is 23.3 Å². The molecule has 1 aliphatic carbocycles. The van der Waals surface area contributed by atoms with Gasteiger partial charge >= 0.3 is 0 Å². The molecule has 0 unspecified atom stereocenters. The molecule has 0 aromatic carbocycles. The summed E-state index contributed by atoms with van der Waals surface area (Å²) in [6.45, 7) is 9.20. The lowest BCUT2D eigenvalue weighted by molar-refractivity contribution is 0.670. The van der Waals surface area contributed by atoms with Gasteiger partial charge in [0.1, 0.15) is 0 Å². The fraction of sp³-hybridized carbons (Fsp3) is 0.692. The molecule has 1 heteroatoms. The average Bonchev–Trinajstić information content (AvgIpc) is 2.18. The Bertz CT molecular complexity index is 256. The van der Waals surface area contributed by atoms with Crippen molar-refractivity contribution >= 4 is 11.8 Å². The molecule has 0 spiro atoms. The Kier molecular flexibility index (Phi) is 3.88. The molecule has 0 radical (unpaired) electrons. The minimum atomic E-state index is 0.318. The topological polar surface area (TPSA) is 0 Å². The molecule has 0 fully saturated rings. The van der Waals surface area contributed by atoms with Crippen molar-refractivity contribution < 1.29 is 0 Å². The molecule has 0 atom stereocenters. The van der Waals surface area contributed by atoms with Gasteiger partial charge in [0, 0.05) is 4.75 Å². The van der Waals surface area contributed by atoms with Crippen LogP contribution in [0, 0.1) is 5.92 Å². The smallest absolute Gasteiger partial charge is 0.0312 e. The van der Waals surface area contributed by atoms with E-state index >= 15 is 0 Å². The average molecular weight is 210 g/mol. The van der Waals surface area contributed by atoms with Crippen molar-refractivity contribution in [1.29, 1.82) is 0 Å². The molecular weight excluding hydrogens is 188 g/mol. The van der Waals surface area contributed by atoms with Crippen LogP contribution < -0.4 is 0 Å². The molecule has 14 heavy (non-hydrogen) atoms. The molecule has 0 heterocycles. The largest absolute Gasteiger partial charge is 0.155 e. The van der Waals surface area contributed by atoms with E-state index in [1.165, 1.54) is 12.8 Å². The third-order valence-electron chi connectivity index (χ3n) is 3.21. The maximum Gasteiger partial charge on any atom is 0.0312 e. The van der Waals surface area contributed by atoms with Gasteiger partial charge in [-0.25, -0.2) is 0 Å². The summed E-state index contributed by atoms with van der Waals surface area (Å²) in [5, 5.41) is 0. The summed E-state index contributed by atoms with van der Waals surface area (Å²) in [5.74, 6) is 0.713. The summed E-state index contributed by atoms with van der Waals surface area (Å²) >= 11 is 1.95. The van der Waals surface area contributed by atoms with Crippen LogP contribution in [-0.2, 0) is 0 Å². The molecule has 0 aromatic heterocycles. The van der Waals surface area contributed by atoms with E-state index in [4.69, 9.17) is 0 Å². The van der Waals surface area contributed by atoms with Crippen LogP contribution in [0.2, 0.25) is 0 Å². The normalized spacial score (nSPS) is 18.1. The highest BCUT2D eigenvalue weighted by atomic mass is 32.2. The van der Waals surface area contributed by atoms with Gasteiger partial charge in [-0.15, -0.1) is 0 Å². The van der Waals surface area contributed by atoms with Crippen molar-refractivity contribution in [2.75, 3.05) is 6.26 Å². The Morgan fingerprint density at radius 3 is 2.21 bits per heavy atom. The van der Waals surface area contributed by atoms with E-state index in [0.717, 1.165) is 0 Å². The minimum Gasteiger partial charge on any atom is -0.155 e. The zero-order chi connectivity index (χ0) is 10.8. The maximum atomic E-state index is 2.34. The van der Waals surface area contributed by atoms with Crippen LogP contribution in [0.25, 0.3) is 0 Å². The third kappa shape index (κ3) is 2.66. The first-order chi connectivity index (χ1) is 6.47. The lowest BCUT2D eigenvalue weighted by Crippen LogP contribution is -2.19. The van der Waals surface area contributed by atoms with Gasteiger partial charge in [0.15, 0.2) is 0 Å². The Labute approximate surface area is 92.9 Å². The van der Waals surface area contributed by atoms with Gasteiger partial charge in [-0.2, -0.15) is 11.8 Å². The van der Waals surface area contributed by atoms with Crippen molar-refractivity contribution in [3.05, 3.63) is 23.3 Å². The van der Waals surface area contributed by atoms with Crippen LogP contribution in [0.5, 0.6) is 0 Å². The second-order valence-electron chi connectivity index (χ2n) is 4.80. The third-order valence-corrected chi connectivity index (χ3v) is 4.49. The molecule has 0 bridgehead atoms. The van der Waals surface area contributed by atoms with Gasteiger partial charge < -0.3 is 0 Å². The number of thioether (sulfide) groups is 1. The van der Waals surface area contributed by atoms with E-state index in [2.05, 4.69) is 46.1 Å². The Morgan fingerprint density at radius 1 is 1.21 bits per heavy atom. The maximum absolute atomic E-state index is 2.34. The molecule has 1 rings (SSSR count). The van der Waals surface area contributed by atoms with Crippen molar-refractivity contribution in [2.24, 2.45) is 5.92 Å². The molecule has 0 N–H and O–H groups in total. The minimum absolute atomic E-state index is 0.318. The quantitative estimate of drug-likeness (QED) is 0.664. The molecule has 0 saturated carbocycles. The highest BCUT2D eigenvalue weighted by Crippen LogP contribution is 2.36. The molecule has 0 amide bonds. The van der Waals surface area contributed by atoms with Crippen LogP contribution in [-0.4, -0.2) is 11.0 Å². The lowest BCUT2D eigenvalue weighted by Gasteiger charge is -2.29. The number of rotatable bonds is 3. The summed E-state index contributed by atoms with van der Waals surface area (Å²) in [6, 6.07) is 0. The van der Waals surface area contributed by atoms with Gasteiger partial charge in [-0.3, -0.25) is 0 Å². The Morgan fingerprint density at radius 2 is 1.86 bits per heavy atom. The first-order valence-electron chi connectivity index (χ1n) is 5.42. The van der Waals surface area contributed by atoms with E-state index in [1.807, 2.05) is 11.8 Å². The molecule has 0 saturated heterocycles. The Balaban J connectivity index is 2.78. The summed E-state index contributed by atoms with van der Waals surface area (Å²) in [5.41, 5.74) is 3.19. The number of allylic oxidation sites excluding steroid dienone is 3. The predicted octanol–water partition coefficient (Wildman–Crippen LogP) is 4.43. The standard InChI is InChI=1S/C13H22S/c1-10(2)11-6-8-12(9-7-11)13(3,4)14-5/h6,8,10H,7,9H2,1-5H3. The summed E-state index contributed by atoms with van der Waals surface area (Å²) in [4.78, 5) is 0. The summed E-state index contributed by atoms with van der Waals surface area (Å²) in [7, 11) is 0. The van der Waals surface area contributed by atoms with Gasteiger partial charge in [0.25, 0.3) is 0 Å². The molecule has 1 aliphatic rings. The monoisotopic (exact) mass is 210 g/mol. The summed E-state index contributed by atoms with van der Waals surface area (Å²) in [6.07, 6.45) is 9.38. The van der Waals surface area contributed by atoms with E-state index in [0.29, 0.717) is 10.7 Å². The second kappa shape index (κ2) is 4.57. The Hall–Kier alpha value is -0.170. The van der Waals surface area contributed by atoms with Gasteiger partial charge in [-0.1, -0.05) is 37.1 Å². The van der Waals surface area contributed by atoms with Crippen molar-refractivity contribution in [3.63, 3.8) is 0 Å². The SMILES string of the molecule is CSC(C)(C)C1=CC=C(C(C)C)CC1. The first-order valence-corrected chi connectivity index (χ1v) is 6.65. The fourth-order valence-corrected chi connectivity index (χ4v) is 2.20. The molecule has 0 aliphatic heterocycles. The zero-order valence-corrected chi connectivity index (χ0v) is 10.9. The van der Waals surface area contributed by atoms with Crippen LogP contribution in [0.3, 0.4) is 0 Å². The second-order valence-corrected chi connectivity index (χ2v) is 6.23. The molecule has 0 aromatic rings. The van der Waals surface area contributed by atoms with Crippen LogP contribution in [0.1, 0.15) is 40.5 Å². The van der Waals surface area contributed by atoms with E-state index in [-0.39, 0.29) is 0 Å². The van der Waals surface area contributed by atoms with Gasteiger partial charge in [0.2, 0.25) is 0 Å². The molecule has 80 valence electrons. The molecular formula is C13H22S. The lowest BCUT2D eigenvalue weighted by atomic mass is 9.87. The first kappa shape index (κ1) is 11.9. The highest BCUT2D eigenvalue weighted by molar-refractivity contribution is 8.00. The highest BCUT2D eigenvalue weighted by Gasteiger charge is 2.23. The van der Waals surface area contributed by atoms with E-state index in [9.17, 15) is 0 Å². The van der Waals surface area contributed by atoms with Crippen LogP contribution in [0.4, 0.5) is 0 Å². The van der Waals surface area contributed by atoms with E-state index < -0.39 is 0 Å².